The molecule has 0 radical (unpaired) electrons. The zero-order valence-electron chi connectivity index (χ0n) is 10.9. The second-order valence-corrected chi connectivity index (χ2v) is 5.41. The lowest BCUT2D eigenvalue weighted by atomic mass is 10.2. The van der Waals surface area contributed by atoms with Crippen LogP contribution in [0.2, 0.25) is 15.1 Å². The maximum atomic E-state index is 6.13. The fraction of sp³-hybridized carbons (Fsp3) is 0.214. The summed E-state index contributed by atoms with van der Waals surface area (Å²) in [5.41, 5.74) is 1.09. The van der Waals surface area contributed by atoms with Gasteiger partial charge in [0.25, 0.3) is 0 Å². The molecule has 20 heavy (non-hydrogen) atoms. The molecule has 0 spiro atoms. The van der Waals surface area contributed by atoms with Crippen LogP contribution in [0.5, 0.6) is 0 Å². The molecule has 0 atom stereocenters. The maximum absolute atomic E-state index is 6.13. The van der Waals surface area contributed by atoms with Crippen LogP contribution < -0.4 is 10.6 Å². The Labute approximate surface area is 133 Å². The van der Waals surface area contributed by atoms with E-state index in [1.807, 2.05) is 31.2 Å². The molecule has 0 aliphatic carbocycles. The summed E-state index contributed by atoms with van der Waals surface area (Å²) in [5.74, 6) is 1.22. The molecule has 2 N–H and O–H groups in total. The van der Waals surface area contributed by atoms with Crippen molar-refractivity contribution in [2.45, 2.75) is 13.5 Å². The Kier molecular flexibility index (Phi) is 5.35. The van der Waals surface area contributed by atoms with Crippen molar-refractivity contribution in [2.75, 3.05) is 17.2 Å². The molecule has 0 amide bonds. The van der Waals surface area contributed by atoms with E-state index >= 15 is 0 Å². The third-order valence-corrected chi connectivity index (χ3v) is 3.48. The van der Waals surface area contributed by atoms with E-state index in [0.29, 0.717) is 33.2 Å². The van der Waals surface area contributed by atoms with Crippen LogP contribution in [0, 0.1) is 0 Å². The van der Waals surface area contributed by atoms with Crippen LogP contribution in [0.4, 0.5) is 11.6 Å². The fourth-order valence-electron chi connectivity index (χ4n) is 1.67. The summed E-state index contributed by atoms with van der Waals surface area (Å²) in [6.07, 6.45) is 0. The first-order chi connectivity index (χ1) is 9.60. The van der Waals surface area contributed by atoms with Crippen molar-refractivity contribution in [2.24, 2.45) is 0 Å². The largest absolute Gasteiger partial charge is 0.369 e. The number of nitrogens with one attached hydrogen (secondary N) is 2. The van der Waals surface area contributed by atoms with Crippen molar-refractivity contribution in [1.82, 2.24) is 4.98 Å². The van der Waals surface area contributed by atoms with Crippen LogP contribution >= 0.6 is 34.8 Å². The Morgan fingerprint density at radius 1 is 0.950 bits per heavy atom. The van der Waals surface area contributed by atoms with Gasteiger partial charge in [0.1, 0.15) is 11.6 Å². The Morgan fingerprint density at radius 2 is 1.55 bits per heavy atom. The minimum absolute atomic E-state index is 0.491. The molecule has 0 bridgehead atoms. The van der Waals surface area contributed by atoms with E-state index < -0.39 is 0 Å². The van der Waals surface area contributed by atoms with Crippen LogP contribution in [0.15, 0.2) is 30.3 Å². The Hall–Kier alpha value is -1.16. The Morgan fingerprint density at radius 3 is 2.15 bits per heavy atom. The summed E-state index contributed by atoms with van der Waals surface area (Å²) in [5, 5.41) is 7.99. The zero-order chi connectivity index (χ0) is 14.5. The van der Waals surface area contributed by atoms with Gasteiger partial charge in [-0.2, -0.15) is 0 Å². The summed E-state index contributed by atoms with van der Waals surface area (Å²) < 4.78 is 0. The molecule has 6 heteroatoms. The molecule has 2 rings (SSSR count). The van der Waals surface area contributed by atoms with Gasteiger partial charge in [-0.05, 0) is 30.7 Å². The predicted molar refractivity (Wildman–Crippen MR) is 87.2 cm³/mol. The van der Waals surface area contributed by atoms with Crippen LogP contribution in [-0.4, -0.2) is 11.5 Å². The van der Waals surface area contributed by atoms with Crippen LogP contribution in [0.1, 0.15) is 12.5 Å². The monoisotopic (exact) mass is 329 g/mol. The zero-order valence-corrected chi connectivity index (χ0v) is 13.1. The van der Waals surface area contributed by atoms with Gasteiger partial charge in [-0.3, -0.25) is 0 Å². The molecule has 0 aliphatic rings. The number of anilines is 2. The van der Waals surface area contributed by atoms with E-state index in [2.05, 4.69) is 15.6 Å². The number of benzene rings is 1. The fourth-order valence-corrected chi connectivity index (χ4v) is 2.29. The van der Waals surface area contributed by atoms with Crippen LogP contribution in [-0.2, 0) is 6.54 Å². The number of nitrogens with zero attached hydrogens (tertiary/aromatic N) is 1. The van der Waals surface area contributed by atoms with Gasteiger partial charge in [-0.1, -0.05) is 46.9 Å². The first-order valence-corrected chi connectivity index (χ1v) is 7.31. The Balaban J connectivity index is 2.12. The van der Waals surface area contributed by atoms with E-state index in [9.17, 15) is 0 Å². The summed E-state index contributed by atoms with van der Waals surface area (Å²) >= 11 is 18.0. The average molecular weight is 331 g/mol. The summed E-state index contributed by atoms with van der Waals surface area (Å²) in [6.45, 7) is 3.33. The SMILES string of the molecule is CCNc1nc(NCc2ccc(Cl)cc2)c(Cl)cc1Cl. The minimum Gasteiger partial charge on any atom is -0.369 e. The molecule has 0 fully saturated rings. The van der Waals surface area contributed by atoms with E-state index in [-0.39, 0.29) is 0 Å². The summed E-state index contributed by atoms with van der Waals surface area (Å²) in [4.78, 5) is 4.38. The van der Waals surface area contributed by atoms with Gasteiger partial charge in [0, 0.05) is 18.1 Å². The van der Waals surface area contributed by atoms with E-state index in [4.69, 9.17) is 34.8 Å². The second kappa shape index (κ2) is 7.02. The lowest BCUT2D eigenvalue weighted by Gasteiger charge is -2.11. The van der Waals surface area contributed by atoms with Gasteiger partial charge < -0.3 is 10.6 Å². The van der Waals surface area contributed by atoms with Crippen molar-refractivity contribution in [3.63, 3.8) is 0 Å². The highest BCUT2D eigenvalue weighted by atomic mass is 35.5. The molecule has 0 aliphatic heterocycles. The summed E-state index contributed by atoms with van der Waals surface area (Å²) in [7, 11) is 0. The minimum atomic E-state index is 0.491. The number of pyridine rings is 1. The first kappa shape index (κ1) is 15.2. The molecule has 0 saturated heterocycles. The molecular formula is C14H14Cl3N3. The van der Waals surface area contributed by atoms with Gasteiger partial charge in [-0.15, -0.1) is 0 Å². The highest BCUT2D eigenvalue weighted by Crippen LogP contribution is 2.29. The standard InChI is InChI=1S/C14H14Cl3N3/c1-2-18-13-11(16)7-12(17)14(20-13)19-8-9-3-5-10(15)6-4-9/h3-7H,2,8H2,1H3,(H2,18,19,20). The van der Waals surface area contributed by atoms with Crippen molar-refractivity contribution in [1.29, 1.82) is 0 Å². The van der Waals surface area contributed by atoms with Gasteiger partial charge in [0.2, 0.25) is 0 Å². The lowest BCUT2D eigenvalue weighted by Crippen LogP contribution is -2.06. The van der Waals surface area contributed by atoms with Crippen LogP contribution in [0.25, 0.3) is 0 Å². The molecule has 0 unspecified atom stereocenters. The normalized spacial score (nSPS) is 10.4. The van der Waals surface area contributed by atoms with E-state index in [1.165, 1.54) is 0 Å². The quantitative estimate of drug-likeness (QED) is 0.802. The van der Waals surface area contributed by atoms with E-state index in [1.54, 1.807) is 6.07 Å². The number of hydrogen-bond acceptors (Lipinski definition) is 3. The Bertz CT molecular complexity index is 585. The average Bonchev–Trinajstić information content (AvgIpc) is 2.42. The number of rotatable bonds is 5. The summed E-state index contributed by atoms with van der Waals surface area (Å²) in [6, 6.07) is 9.27. The number of halogens is 3. The van der Waals surface area contributed by atoms with Gasteiger partial charge in [-0.25, -0.2) is 4.98 Å². The molecule has 1 aromatic carbocycles. The topological polar surface area (TPSA) is 37.0 Å². The lowest BCUT2D eigenvalue weighted by molar-refractivity contribution is 1.10. The molecule has 3 nitrogen and oxygen atoms in total. The number of hydrogen-bond donors (Lipinski definition) is 2. The van der Waals surface area contributed by atoms with Crippen molar-refractivity contribution >= 4 is 46.4 Å². The van der Waals surface area contributed by atoms with Gasteiger partial charge in [0.15, 0.2) is 0 Å². The highest BCUT2D eigenvalue weighted by molar-refractivity contribution is 6.37. The second-order valence-electron chi connectivity index (χ2n) is 4.16. The highest BCUT2D eigenvalue weighted by Gasteiger charge is 2.08. The van der Waals surface area contributed by atoms with Crippen LogP contribution in [0.3, 0.4) is 0 Å². The first-order valence-electron chi connectivity index (χ1n) is 6.18. The molecular weight excluding hydrogens is 317 g/mol. The molecule has 1 heterocycles. The molecule has 106 valence electrons. The van der Waals surface area contributed by atoms with Crippen molar-refractivity contribution < 1.29 is 0 Å². The third kappa shape index (κ3) is 3.92. The van der Waals surface area contributed by atoms with Gasteiger partial charge in [0.05, 0.1) is 10.0 Å². The van der Waals surface area contributed by atoms with Gasteiger partial charge >= 0.3 is 0 Å². The van der Waals surface area contributed by atoms with Crippen molar-refractivity contribution in [3.05, 3.63) is 51.0 Å². The molecule has 0 saturated carbocycles. The predicted octanol–water partition coefficient (Wildman–Crippen LogP) is 5.09. The van der Waals surface area contributed by atoms with E-state index in [0.717, 1.165) is 12.1 Å². The van der Waals surface area contributed by atoms with Crippen molar-refractivity contribution in [3.8, 4) is 0 Å². The molecule has 1 aromatic heterocycles. The smallest absolute Gasteiger partial charge is 0.147 e. The maximum Gasteiger partial charge on any atom is 0.147 e. The number of aromatic nitrogens is 1. The molecule has 2 aromatic rings. The third-order valence-electron chi connectivity index (χ3n) is 2.65.